The number of halogens is 1. The first kappa shape index (κ1) is 21.4. The van der Waals surface area contributed by atoms with Gasteiger partial charge in [-0.3, -0.25) is 9.59 Å². The van der Waals surface area contributed by atoms with Gasteiger partial charge in [0.15, 0.2) is 0 Å². The van der Waals surface area contributed by atoms with Crippen molar-refractivity contribution < 1.29 is 9.59 Å². The minimum atomic E-state index is -0.477. The standard InChI is InChI=1S/C17H27N3O2.ClH/c1-10-7-8-13(19-15(21)11(2)12(3)18)9-14(10)20-16(22)17(4,5)6;/h7-9,11-12H,18H2,1-6H3,(H,19,21)(H,20,22);1H. The van der Waals surface area contributed by atoms with Crippen LogP contribution in [0.4, 0.5) is 11.4 Å². The van der Waals surface area contributed by atoms with Gasteiger partial charge in [-0.05, 0) is 31.5 Å². The molecule has 0 aromatic heterocycles. The number of carbonyl (C=O) groups is 2. The second kappa shape index (κ2) is 8.31. The minimum Gasteiger partial charge on any atom is -0.327 e. The van der Waals surface area contributed by atoms with Crippen LogP contribution < -0.4 is 16.4 Å². The molecule has 0 heterocycles. The lowest BCUT2D eigenvalue weighted by molar-refractivity contribution is -0.123. The van der Waals surface area contributed by atoms with Gasteiger partial charge in [0.25, 0.3) is 0 Å². The quantitative estimate of drug-likeness (QED) is 0.785. The van der Waals surface area contributed by atoms with Crippen molar-refractivity contribution in [3.63, 3.8) is 0 Å². The van der Waals surface area contributed by atoms with Crippen LogP contribution in [0.5, 0.6) is 0 Å². The van der Waals surface area contributed by atoms with Crippen molar-refractivity contribution in [2.75, 3.05) is 10.6 Å². The number of carbonyl (C=O) groups excluding carboxylic acids is 2. The average Bonchev–Trinajstić information content (AvgIpc) is 2.40. The molecule has 0 saturated carbocycles. The predicted octanol–water partition coefficient (Wildman–Crippen LogP) is 3.32. The van der Waals surface area contributed by atoms with Crippen LogP contribution in [-0.2, 0) is 9.59 Å². The Kier molecular flexibility index (Phi) is 7.74. The minimum absolute atomic E-state index is 0. The highest BCUT2D eigenvalue weighted by Crippen LogP contribution is 2.24. The first-order valence-electron chi connectivity index (χ1n) is 7.51. The van der Waals surface area contributed by atoms with Crippen LogP contribution in [0.2, 0.25) is 0 Å². The van der Waals surface area contributed by atoms with E-state index < -0.39 is 5.41 Å². The number of hydrogen-bond donors (Lipinski definition) is 3. The zero-order valence-electron chi connectivity index (χ0n) is 14.7. The number of anilines is 2. The third-order valence-corrected chi connectivity index (χ3v) is 3.64. The summed E-state index contributed by atoms with van der Waals surface area (Å²) in [6.07, 6.45) is 0. The summed E-state index contributed by atoms with van der Waals surface area (Å²) in [6, 6.07) is 5.23. The smallest absolute Gasteiger partial charge is 0.229 e. The molecule has 2 unspecified atom stereocenters. The molecule has 2 amide bonds. The molecular weight excluding hydrogens is 314 g/mol. The van der Waals surface area contributed by atoms with Gasteiger partial charge in [0.2, 0.25) is 11.8 Å². The van der Waals surface area contributed by atoms with Crippen LogP contribution in [0.25, 0.3) is 0 Å². The Morgan fingerprint density at radius 3 is 2.17 bits per heavy atom. The van der Waals surface area contributed by atoms with Crippen LogP contribution in [0.1, 0.15) is 40.2 Å². The molecule has 5 nitrogen and oxygen atoms in total. The molecule has 23 heavy (non-hydrogen) atoms. The zero-order valence-corrected chi connectivity index (χ0v) is 15.5. The van der Waals surface area contributed by atoms with Gasteiger partial charge in [-0.15, -0.1) is 12.4 Å². The Morgan fingerprint density at radius 1 is 1.13 bits per heavy atom. The maximum atomic E-state index is 12.1. The van der Waals surface area contributed by atoms with Gasteiger partial charge in [-0.2, -0.15) is 0 Å². The van der Waals surface area contributed by atoms with E-state index in [4.69, 9.17) is 5.73 Å². The van der Waals surface area contributed by atoms with Crippen molar-refractivity contribution >= 4 is 35.6 Å². The lowest BCUT2D eigenvalue weighted by atomic mass is 9.95. The SMILES string of the molecule is Cc1ccc(NC(=O)C(C)C(C)N)cc1NC(=O)C(C)(C)C.Cl. The topological polar surface area (TPSA) is 84.2 Å². The number of aryl methyl sites for hydroxylation is 1. The molecule has 0 spiro atoms. The van der Waals surface area contributed by atoms with E-state index in [0.29, 0.717) is 11.4 Å². The van der Waals surface area contributed by atoms with Gasteiger partial charge in [0, 0.05) is 22.8 Å². The summed E-state index contributed by atoms with van der Waals surface area (Å²) < 4.78 is 0. The van der Waals surface area contributed by atoms with Gasteiger partial charge in [-0.25, -0.2) is 0 Å². The summed E-state index contributed by atoms with van der Waals surface area (Å²) in [5.74, 6) is -0.483. The number of amides is 2. The lowest BCUT2D eigenvalue weighted by Crippen LogP contribution is -2.34. The van der Waals surface area contributed by atoms with E-state index >= 15 is 0 Å². The fraction of sp³-hybridized carbons (Fsp3) is 0.529. The summed E-state index contributed by atoms with van der Waals surface area (Å²) in [4.78, 5) is 24.2. The third-order valence-electron chi connectivity index (χ3n) is 3.64. The summed E-state index contributed by atoms with van der Waals surface area (Å²) in [5.41, 5.74) is 7.55. The highest BCUT2D eigenvalue weighted by molar-refractivity contribution is 5.97. The number of rotatable bonds is 4. The number of hydrogen-bond acceptors (Lipinski definition) is 3. The highest BCUT2D eigenvalue weighted by Gasteiger charge is 2.22. The summed E-state index contributed by atoms with van der Waals surface area (Å²) in [6.45, 7) is 11.1. The Hall–Kier alpha value is -1.59. The molecule has 4 N–H and O–H groups in total. The molecule has 0 aliphatic heterocycles. The largest absolute Gasteiger partial charge is 0.327 e. The zero-order chi connectivity index (χ0) is 17.1. The second-order valence-corrected chi connectivity index (χ2v) is 6.87. The van der Waals surface area contributed by atoms with Gasteiger partial charge in [0.05, 0.1) is 5.92 Å². The maximum absolute atomic E-state index is 12.1. The fourth-order valence-corrected chi connectivity index (χ4v) is 1.64. The van der Waals surface area contributed by atoms with Gasteiger partial charge >= 0.3 is 0 Å². The Bertz CT molecular complexity index is 565. The van der Waals surface area contributed by atoms with Crippen LogP contribution in [0.3, 0.4) is 0 Å². The molecule has 1 rings (SSSR count). The number of benzene rings is 1. The number of nitrogens with one attached hydrogen (secondary N) is 2. The number of nitrogens with two attached hydrogens (primary N) is 1. The Labute approximate surface area is 144 Å². The lowest BCUT2D eigenvalue weighted by Gasteiger charge is -2.20. The van der Waals surface area contributed by atoms with Crippen molar-refractivity contribution in [2.24, 2.45) is 17.1 Å². The maximum Gasteiger partial charge on any atom is 0.229 e. The molecule has 1 aromatic rings. The van der Waals surface area contributed by atoms with Crippen LogP contribution >= 0.6 is 12.4 Å². The van der Waals surface area contributed by atoms with Crippen molar-refractivity contribution in [1.29, 1.82) is 0 Å². The molecule has 130 valence electrons. The van der Waals surface area contributed by atoms with Crippen LogP contribution in [0.15, 0.2) is 18.2 Å². The second-order valence-electron chi connectivity index (χ2n) is 6.87. The third kappa shape index (κ3) is 6.20. The molecule has 6 heteroatoms. The van der Waals surface area contributed by atoms with E-state index in [1.807, 2.05) is 39.8 Å². The van der Waals surface area contributed by atoms with Gasteiger partial charge in [0.1, 0.15) is 0 Å². The van der Waals surface area contributed by atoms with Crippen molar-refractivity contribution in [2.45, 2.75) is 47.6 Å². The average molecular weight is 342 g/mol. The van der Waals surface area contributed by atoms with Crippen molar-refractivity contribution in [1.82, 2.24) is 0 Å². The van der Waals surface area contributed by atoms with E-state index in [-0.39, 0.29) is 36.2 Å². The summed E-state index contributed by atoms with van der Waals surface area (Å²) >= 11 is 0. The summed E-state index contributed by atoms with van der Waals surface area (Å²) in [5, 5.41) is 5.73. The normalized spacial score (nSPS) is 13.5. The van der Waals surface area contributed by atoms with E-state index in [2.05, 4.69) is 10.6 Å². The monoisotopic (exact) mass is 341 g/mol. The van der Waals surface area contributed by atoms with Crippen molar-refractivity contribution in [3.8, 4) is 0 Å². The molecule has 0 bridgehead atoms. The first-order chi connectivity index (χ1) is 10.0. The fourth-order valence-electron chi connectivity index (χ4n) is 1.64. The molecule has 2 atom stereocenters. The molecule has 0 fully saturated rings. The highest BCUT2D eigenvalue weighted by atomic mass is 35.5. The molecular formula is C17H28ClN3O2. The predicted molar refractivity (Wildman–Crippen MR) is 98.0 cm³/mol. The van der Waals surface area contributed by atoms with Crippen LogP contribution in [0, 0.1) is 18.3 Å². The molecule has 0 saturated heterocycles. The van der Waals surface area contributed by atoms with E-state index in [1.54, 1.807) is 19.9 Å². The summed E-state index contributed by atoms with van der Waals surface area (Å²) in [7, 11) is 0. The Morgan fingerprint density at radius 2 is 1.70 bits per heavy atom. The van der Waals surface area contributed by atoms with Crippen LogP contribution in [-0.4, -0.2) is 17.9 Å². The molecule has 1 aromatic carbocycles. The van der Waals surface area contributed by atoms with E-state index in [1.165, 1.54) is 0 Å². The van der Waals surface area contributed by atoms with E-state index in [9.17, 15) is 9.59 Å². The van der Waals surface area contributed by atoms with Gasteiger partial charge < -0.3 is 16.4 Å². The first-order valence-corrected chi connectivity index (χ1v) is 7.51. The molecule has 0 aliphatic carbocycles. The Balaban J connectivity index is 0.00000484. The van der Waals surface area contributed by atoms with Crippen molar-refractivity contribution in [3.05, 3.63) is 23.8 Å². The van der Waals surface area contributed by atoms with Gasteiger partial charge in [-0.1, -0.05) is 33.8 Å². The van der Waals surface area contributed by atoms with E-state index in [0.717, 1.165) is 5.56 Å². The molecule has 0 aliphatic rings. The molecule has 0 radical (unpaired) electrons.